The summed E-state index contributed by atoms with van der Waals surface area (Å²) in [5.74, 6) is 0. The molecule has 4 rings (SSSR count). The zero-order chi connectivity index (χ0) is 13.9. The number of benzene rings is 2. The molecule has 0 amide bonds. The third-order valence-corrected chi connectivity index (χ3v) is 5.09. The second-order valence-corrected chi connectivity index (χ2v) is 6.36. The van der Waals surface area contributed by atoms with Crippen LogP contribution in [-0.2, 0) is 12.8 Å². The Hall–Kier alpha value is -1.60. The fraction of sp³-hybridized carbons (Fsp3) is 0.368. The summed E-state index contributed by atoms with van der Waals surface area (Å²) in [7, 11) is 0. The normalized spacial score (nSPS) is 19.4. The first kappa shape index (κ1) is 12.2. The van der Waals surface area contributed by atoms with E-state index in [9.17, 15) is 0 Å². The zero-order valence-corrected chi connectivity index (χ0v) is 12.5. The van der Waals surface area contributed by atoms with Gasteiger partial charge in [0.05, 0.1) is 0 Å². The topological polar surface area (TPSA) is 12.0 Å². The van der Waals surface area contributed by atoms with Crippen molar-refractivity contribution in [3.8, 4) is 11.1 Å². The molecule has 2 aromatic carbocycles. The van der Waals surface area contributed by atoms with Gasteiger partial charge >= 0.3 is 0 Å². The summed E-state index contributed by atoms with van der Waals surface area (Å²) in [6.07, 6.45) is 2.29. The van der Waals surface area contributed by atoms with Crippen molar-refractivity contribution >= 4 is 0 Å². The summed E-state index contributed by atoms with van der Waals surface area (Å²) in [5.41, 5.74) is 12.0. The van der Waals surface area contributed by atoms with E-state index >= 15 is 0 Å². The first-order chi connectivity index (χ1) is 9.65. The summed E-state index contributed by atoms with van der Waals surface area (Å²) in [5, 5.41) is 3.59. The molecular formula is C19H21N. The molecule has 0 spiro atoms. The second kappa shape index (κ2) is 4.20. The van der Waals surface area contributed by atoms with Crippen LogP contribution >= 0.6 is 0 Å². The Bertz CT molecular complexity index is 712. The average Bonchev–Trinajstić information content (AvgIpc) is 2.79. The molecule has 1 unspecified atom stereocenters. The molecule has 1 atom stereocenters. The van der Waals surface area contributed by atoms with Crippen LogP contribution in [0.4, 0.5) is 0 Å². The summed E-state index contributed by atoms with van der Waals surface area (Å²) in [6.45, 7) is 7.91. The van der Waals surface area contributed by atoms with E-state index in [1.54, 1.807) is 16.7 Å². The SMILES string of the molecule is Cc1ccc2c(c1)-c1cc3c(c(C)c1C2)CCNC3C. The van der Waals surface area contributed by atoms with Gasteiger partial charge in [-0.15, -0.1) is 0 Å². The fourth-order valence-electron chi connectivity index (χ4n) is 3.93. The molecule has 1 heterocycles. The monoisotopic (exact) mass is 263 g/mol. The summed E-state index contributed by atoms with van der Waals surface area (Å²) < 4.78 is 0. The molecule has 102 valence electrons. The van der Waals surface area contributed by atoms with Crippen LogP contribution in [0.5, 0.6) is 0 Å². The number of fused-ring (bicyclic) bond motifs is 4. The molecule has 0 aromatic heterocycles. The highest BCUT2D eigenvalue weighted by Crippen LogP contribution is 2.42. The summed E-state index contributed by atoms with van der Waals surface area (Å²) in [6, 6.07) is 9.85. The maximum Gasteiger partial charge on any atom is 0.0294 e. The predicted octanol–water partition coefficient (Wildman–Crippen LogP) is 4.08. The van der Waals surface area contributed by atoms with Crippen LogP contribution in [0, 0.1) is 13.8 Å². The van der Waals surface area contributed by atoms with Crippen molar-refractivity contribution in [2.75, 3.05) is 6.54 Å². The van der Waals surface area contributed by atoms with E-state index in [1.807, 2.05) is 0 Å². The molecule has 0 bridgehead atoms. The Morgan fingerprint density at radius 1 is 1.05 bits per heavy atom. The Morgan fingerprint density at radius 2 is 1.90 bits per heavy atom. The van der Waals surface area contributed by atoms with E-state index < -0.39 is 0 Å². The first-order valence-electron chi connectivity index (χ1n) is 7.63. The highest BCUT2D eigenvalue weighted by Gasteiger charge is 2.26. The van der Waals surface area contributed by atoms with Crippen LogP contribution in [0.1, 0.15) is 46.3 Å². The van der Waals surface area contributed by atoms with Crippen molar-refractivity contribution in [1.29, 1.82) is 0 Å². The molecule has 2 aromatic rings. The highest BCUT2D eigenvalue weighted by molar-refractivity contribution is 5.80. The standard InChI is InChI=1S/C19H21N/c1-11-4-5-14-9-16-12(2)15-6-7-20-13(3)17(15)10-19(16)18(14)8-11/h4-5,8,10,13,20H,6-7,9H2,1-3H3. The van der Waals surface area contributed by atoms with Crippen LogP contribution in [0.3, 0.4) is 0 Å². The predicted molar refractivity (Wildman–Crippen MR) is 84.3 cm³/mol. The van der Waals surface area contributed by atoms with Gasteiger partial charge in [0.2, 0.25) is 0 Å². The lowest BCUT2D eigenvalue weighted by molar-refractivity contribution is 0.539. The molecule has 20 heavy (non-hydrogen) atoms. The lowest BCUT2D eigenvalue weighted by Crippen LogP contribution is -2.28. The van der Waals surface area contributed by atoms with Gasteiger partial charge in [-0.25, -0.2) is 0 Å². The minimum atomic E-state index is 0.483. The molecule has 0 fully saturated rings. The molecule has 1 N–H and O–H groups in total. The van der Waals surface area contributed by atoms with Gasteiger partial charge in [-0.05, 0) is 85.2 Å². The fourth-order valence-corrected chi connectivity index (χ4v) is 3.93. The van der Waals surface area contributed by atoms with Gasteiger partial charge in [-0.3, -0.25) is 0 Å². The maximum atomic E-state index is 3.59. The van der Waals surface area contributed by atoms with E-state index in [2.05, 4.69) is 50.4 Å². The molecule has 1 heteroatoms. The number of rotatable bonds is 0. The Kier molecular flexibility index (Phi) is 2.55. The van der Waals surface area contributed by atoms with E-state index in [-0.39, 0.29) is 0 Å². The van der Waals surface area contributed by atoms with Gasteiger partial charge in [0.15, 0.2) is 0 Å². The molecule has 0 radical (unpaired) electrons. The van der Waals surface area contributed by atoms with Gasteiger partial charge in [0, 0.05) is 6.04 Å². The van der Waals surface area contributed by atoms with Gasteiger partial charge in [0.1, 0.15) is 0 Å². The molecule has 1 aliphatic carbocycles. The Labute approximate surface area is 121 Å². The third-order valence-electron chi connectivity index (χ3n) is 5.09. The molecule has 0 saturated heterocycles. The van der Waals surface area contributed by atoms with E-state index in [4.69, 9.17) is 0 Å². The second-order valence-electron chi connectivity index (χ2n) is 6.36. The van der Waals surface area contributed by atoms with Crippen LogP contribution in [0.25, 0.3) is 11.1 Å². The van der Waals surface area contributed by atoms with Gasteiger partial charge in [-0.1, -0.05) is 23.8 Å². The lowest BCUT2D eigenvalue weighted by atomic mass is 9.86. The zero-order valence-electron chi connectivity index (χ0n) is 12.5. The molecular weight excluding hydrogens is 242 g/mol. The van der Waals surface area contributed by atoms with Crippen LogP contribution in [-0.4, -0.2) is 6.54 Å². The van der Waals surface area contributed by atoms with Crippen molar-refractivity contribution in [2.45, 2.75) is 39.7 Å². The summed E-state index contributed by atoms with van der Waals surface area (Å²) in [4.78, 5) is 0. The molecule has 2 aliphatic rings. The maximum absolute atomic E-state index is 3.59. The van der Waals surface area contributed by atoms with Crippen molar-refractivity contribution in [2.24, 2.45) is 0 Å². The molecule has 0 saturated carbocycles. The Balaban J connectivity index is 1.99. The largest absolute Gasteiger partial charge is 0.310 e. The van der Waals surface area contributed by atoms with Crippen LogP contribution in [0.15, 0.2) is 24.3 Å². The smallest absolute Gasteiger partial charge is 0.0294 e. The number of nitrogens with one attached hydrogen (secondary N) is 1. The van der Waals surface area contributed by atoms with E-state index in [0.717, 1.165) is 13.0 Å². The van der Waals surface area contributed by atoms with Gasteiger partial charge < -0.3 is 5.32 Å². The quantitative estimate of drug-likeness (QED) is 0.644. The number of hydrogen-bond acceptors (Lipinski definition) is 1. The van der Waals surface area contributed by atoms with Crippen molar-refractivity contribution in [3.63, 3.8) is 0 Å². The van der Waals surface area contributed by atoms with Gasteiger partial charge in [-0.2, -0.15) is 0 Å². The van der Waals surface area contributed by atoms with Crippen LogP contribution in [0.2, 0.25) is 0 Å². The highest BCUT2D eigenvalue weighted by atomic mass is 14.9. The van der Waals surface area contributed by atoms with E-state index in [1.165, 1.54) is 34.2 Å². The van der Waals surface area contributed by atoms with Crippen molar-refractivity contribution in [3.05, 3.63) is 57.6 Å². The third kappa shape index (κ3) is 1.59. The summed E-state index contributed by atoms with van der Waals surface area (Å²) >= 11 is 0. The lowest BCUT2D eigenvalue weighted by Gasteiger charge is -2.27. The number of hydrogen-bond donors (Lipinski definition) is 1. The Morgan fingerprint density at radius 3 is 2.75 bits per heavy atom. The van der Waals surface area contributed by atoms with Crippen molar-refractivity contribution < 1.29 is 0 Å². The number of aryl methyl sites for hydroxylation is 1. The van der Waals surface area contributed by atoms with Gasteiger partial charge in [0.25, 0.3) is 0 Å². The minimum absolute atomic E-state index is 0.483. The average molecular weight is 263 g/mol. The molecule has 1 nitrogen and oxygen atoms in total. The minimum Gasteiger partial charge on any atom is -0.310 e. The van der Waals surface area contributed by atoms with E-state index in [0.29, 0.717) is 6.04 Å². The molecule has 1 aliphatic heterocycles. The van der Waals surface area contributed by atoms with Crippen molar-refractivity contribution in [1.82, 2.24) is 5.32 Å². The van der Waals surface area contributed by atoms with Crippen LogP contribution < -0.4 is 5.32 Å². The first-order valence-corrected chi connectivity index (χ1v) is 7.63.